The van der Waals surface area contributed by atoms with E-state index in [1.807, 2.05) is 24.8 Å². The molecule has 0 saturated carbocycles. The van der Waals surface area contributed by atoms with Crippen LogP contribution in [0.4, 0.5) is 0 Å². The lowest BCUT2D eigenvalue weighted by Gasteiger charge is -2.12. The predicted octanol–water partition coefficient (Wildman–Crippen LogP) is 12.0. The van der Waals surface area contributed by atoms with Crippen molar-refractivity contribution < 1.29 is 0 Å². The van der Waals surface area contributed by atoms with Gasteiger partial charge in [0.05, 0.1) is 23.8 Å². The summed E-state index contributed by atoms with van der Waals surface area (Å²) < 4.78 is 0. The Balaban J connectivity index is 1.32. The van der Waals surface area contributed by atoms with Gasteiger partial charge in [0.15, 0.2) is 0 Å². The fourth-order valence-electron chi connectivity index (χ4n) is 6.90. The van der Waals surface area contributed by atoms with Crippen LogP contribution < -0.4 is 10.6 Å². The maximum absolute atomic E-state index is 4.80. The SMILES string of the molecule is CCCCCC(C)CCCCCCC(C)[Si]c1ccc(-c2cnc(-c3ccc([Si]C(C)CCCCCCC(C)CCCCC)nc3)cn2)cn1. The van der Waals surface area contributed by atoms with E-state index in [0.717, 1.165) is 53.4 Å². The Morgan fingerprint density at radius 3 is 1.10 bits per heavy atom. The molecule has 3 rings (SSSR count). The molecule has 0 fully saturated rings. The van der Waals surface area contributed by atoms with Gasteiger partial charge in [0.25, 0.3) is 0 Å². The molecule has 0 aliphatic rings. The largest absolute Gasteiger partial charge is 0.266 e. The molecular formula is C44H70N4Si2. The molecule has 4 atom stereocenters. The van der Waals surface area contributed by atoms with Crippen LogP contribution in [-0.4, -0.2) is 39.0 Å². The number of nitrogens with zero attached hydrogens (tertiary/aromatic N) is 4. The van der Waals surface area contributed by atoms with Crippen LogP contribution in [0.5, 0.6) is 0 Å². The molecule has 3 aromatic heterocycles. The van der Waals surface area contributed by atoms with Crippen molar-refractivity contribution in [2.45, 2.75) is 181 Å². The molecule has 0 spiro atoms. The Morgan fingerprint density at radius 2 is 0.780 bits per heavy atom. The van der Waals surface area contributed by atoms with Crippen LogP contribution in [-0.2, 0) is 0 Å². The van der Waals surface area contributed by atoms with Gasteiger partial charge in [-0.1, -0.05) is 170 Å². The average molecular weight is 711 g/mol. The lowest BCUT2D eigenvalue weighted by molar-refractivity contribution is 0.436. The van der Waals surface area contributed by atoms with E-state index in [9.17, 15) is 0 Å². The van der Waals surface area contributed by atoms with E-state index in [-0.39, 0.29) is 0 Å². The first-order valence-electron chi connectivity index (χ1n) is 20.7. The first kappa shape index (κ1) is 42.2. The topological polar surface area (TPSA) is 51.6 Å². The summed E-state index contributed by atoms with van der Waals surface area (Å²) in [5.74, 6) is 1.81. The molecule has 0 aromatic carbocycles. The molecule has 0 bridgehead atoms. The van der Waals surface area contributed by atoms with Crippen molar-refractivity contribution >= 4 is 29.7 Å². The molecule has 6 heteroatoms. The van der Waals surface area contributed by atoms with E-state index in [4.69, 9.17) is 19.9 Å². The maximum atomic E-state index is 4.80. The predicted molar refractivity (Wildman–Crippen MR) is 220 cm³/mol. The molecule has 50 heavy (non-hydrogen) atoms. The van der Waals surface area contributed by atoms with Crippen LogP contribution in [0.15, 0.2) is 49.1 Å². The average Bonchev–Trinajstić information content (AvgIpc) is 3.12. The second-order valence-corrected chi connectivity index (χ2v) is 19.0. The smallest absolute Gasteiger partial charge is 0.111 e. The molecule has 4 nitrogen and oxygen atoms in total. The second kappa shape index (κ2) is 25.7. The van der Waals surface area contributed by atoms with Crippen molar-refractivity contribution in [2.24, 2.45) is 11.8 Å². The molecule has 0 saturated heterocycles. The molecule has 3 heterocycles. The molecule has 0 N–H and O–H groups in total. The van der Waals surface area contributed by atoms with Crippen molar-refractivity contribution in [2.75, 3.05) is 0 Å². The Kier molecular flexibility index (Phi) is 21.7. The summed E-state index contributed by atoms with van der Waals surface area (Å²) in [6.07, 6.45) is 35.2. The minimum Gasteiger partial charge on any atom is -0.266 e. The van der Waals surface area contributed by atoms with Gasteiger partial charge in [-0.05, 0) is 47.2 Å². The summed E-state index contributed by atoms with van der Waals surface area (Å²) in [6.45, 7) is 14.2. The summed E-state index contributed by atoms with van der Waals surface area (Å²) in [5.41, 5.74) is 5.16. The van der Waals surface area contributed by atoms with Crippen molar-refractivity contribution in [1.29, 1.82) is 0 Å². The Morgan fingerprint density at radius 1 is 0.420 bits per heavy atom. The number of hydrogen-bond acceptors (Lipinski definition) is 4. The van der Waals surface area contributed by atoms with Gasteiger partial charge in [0.2, 0.25) is 0 Å². The van der Waals surface area contributed by atoms with Gasteiger partial charge in [-0.2, -0.15) is 0 Å². The maximum Gasteiger partial charge on any atom is 0.111 e. The lowest BCUT2D eigenvalue weighted by Crippen LogP contribution is -2.21. The number of pyridine rings is 2. The Hall–Kier alpha value is -2.19. The van der Waals surface area contributed by atoms with Crippen LogP contribution >= 0.6 is 0 Å². The molecular weight excluding hydrogens is 641 g/mol. The molecule has 0 amide bonds. The third-order valence-electron chi connectivity index (χ3n) is 10.3. The van der Waals surface area contributed by atoms with E-state index in [1.165, 1.54) is 139 Å². The first-order chi connectivity index (χ1) is 24.4. The Labute approximate surface area is 313 Å². The molecule has 4 radical (unpaired) electrons. The van der Waals surface area contributed by atoms with Crippen molar-refractivity contribution in [1.82, 2.24) is 19.9 Å². The summed E-state index contributed by atoms with van der Waals surface area (Å²) in [5, 5.41) is 2.40. The van der Waals surface area contributed by atoms with Crippen molar-refractivity contribution in [3.63, 3.8) is 0 Å². The van der Waals surface area contributed by atoms with Crippen LogP contribution in [0.3, 0.4) is 0 Å². The van der Waals surface area contributed by atoms with Gasteiger partial charge in [-0.15, -0.1) is 0 Å². The zero-order valence-electron chi connectivity index (χ0n) is 32.9. The highest BCUT2D eigenvalue weighted by atomic mass is 28.2. The minimum atomic E-state index is 0.692. The van der Waals surface area contributed by atoms with E-state index in [2.05, 4.69) is 65.8 Å². The molecule has 3 aromatic rings. The lowest BCUT2D eigenvalue weighted by atomic mass is 9.96. The number of hydrogen-bond donors (Lipinski definition) is 0. The fraction of sp³-hybridized carbons (Fsp3) is 0.682. The van der Waals surface area contributed by atoms with Crippen molar-refractivity contribution in [3.05, 3.63) is 49.1 Å². The molecule has 4 unspecified atom stereocenters. The minimum absolute atomic E-state index is 0.692. The van der Waals surface area contributed by atoms with Gasteiger partial charge in [-0.25, -0.2) is 0 Å². The molecule has 0 aliphatic heterocycles. The second-order valence-electron chi connectivity index (χ2n) is 15.4. The van der Waals surface area contributed by atoms with Gasteiger partial charge in [-0.3, -0.25) is 19.9 Å². The summed E-state index contributed by atoms with van der Waals surface area (Å²) in [7, 11) is 1.52. The molecule has 0 aliphatic carbocycles. The van der Waals surface area contributed by atoms with Gasteiger partial charge >= 0.3 is 0 Å². The molecule has 274 valence electrons. The number of rotatable bonds is 28. The van der Waals surface area contributed by atoms with E-state index in [1.54, 1.807) is 0 Å². The summed E-state index contributed by atoms with van der Waals surface area (Å²) >= 11 is 0. The summed E-state index contributed by atoms with van der Waals surface area (Å²) in [4.78, 5) is 19.1. The Bertz CT molecular complexity index is 1150. The van der Waals surface area contributed by atoms with Gasteiger partial charge in [0.1, 0.15) is 19.0 Å². The van der Waals surface area contributed by atoms with E-state index < -0.39 is 0 Å². The highest BCUT2D eigenvalue weighted by Gasteiger charge is 2.11. The van der Waals surface area contributed by atoms with Crippen LogP contribution in [0.2, 0.25) is 11.1 Å². The highest BCUT2D eigenvalue weighted by molar-refractivity contribution is 6.54. The third kappa shape index (κ3) is 17.8. The van der Waals surface area contributed by atoms with Crippen molar-refractivity contribution in [3.8, 4) is 22.5 Å². The van der Waals surface area contributed by atoms with Gasteiger partial charge in [0, 0.05) is 34.2 Å². The monoisotopic (exact) mass is 711 g/mol. The third-order valence-corrected chi connectivity index (χ3v) is 13.1. The highest BCUT2D eigenvalue weighted by Crippen LogP contribution is 2.22. The number of aromatic nitrogens is 4. The van der Waals surface area contributed by atoms with Crippen LogP contribution in [0.1, 0.15) is 170 Å². The quantitative estimate of drug-likeness (QED) is 0.0556. The summed E-state index contributed by atoms with van der Waals surface area (Å²) in [6, 6.07) is 8.67. The van der Waals surface area contributed by atoms with Crippen LogP contribution in [0.25, 0.3) is 22.5 Å². The van der Waals surface area contributed by atoms with E-state index in [0.29, 0.717) is 11.1 Å². The van der Waals surface area contributed by atoms with Gasteiger partial charge < -0.3 is 0 Å². The zero-order valence-corrected chi connectivity index (χ0v) is 34.9. The fourth-order valence-corrected chi connectivity index (χ4v) is 9.25. The first-order valence-corrected chi connectivity index (χ1v) is 22.8. The number of unbranched alkanes of at least 4 members (excludes halogenated alkanes) is 10. The zero-order chi connectivity index (χ0) is 35.8. The standard InChI is InChI=1S/C44H70N4Si2/c1-7-9-15-21-35(3)23-17-11-13-19-25-37(5)49-43-29-27-39(31-47-43)41-33-46-42(34-45-41)40-28-30-44(48-32-40)50-38(6)26-20-14-12-18-24-36(4)22-16-10-8-2/h27-38H,7-26H2,1-6H3. The van der Waals surface area contributed by atoms with Crippen LogP contribution in [0, 0.1) is 11.8 Å². The normalized spacial score (nSPS) is 14.0. The van der Waals surface area contributed by atoms with E-state index >= 15 is 0 Å².